The second-order valence-corrected chi connectivity index (χ2v) is 9.72. The number of esters is 1. The maximum absolute atomic E-state index is 13.1. The van der Waals surface area contributed by atoms with Crippen molar-refractivity contribution in [2.75, 3.05) is 5.75 Å². The minimum atomic E-state index is -1.19. The van der Waals surface area contributed by atoms with Crippen molar-refractivity contribution in [2.45, 2.75) is 49.3 Å². The highest BCUT2D eigenvalue weighted by Crippen LogP contribution is 2.66. The summed E-state index contributed by atoms with van der Waals surface area (Å²) in [6.45, 7) is 4.02. The third-order valence-corrected chi connectivity index (χ3v) is 8.55. The Balaban J connectivity index is 1.56. The minimum Gasteiger partial charge on any atom is -0.460 e. The molecule has 5 nitrogen and oxygen atoms in total. The van der Waals surface area contributed by atoms with E-state index in [9.17, 15) is 13.8 Å². The van der Waals surface area contributed by atoms with Gasteiger partial charge in [-0.1, -0.05) is 24.6 Å². The van der Waals surface area contributed by atoms with Gasteiger partial charge in [0.1, 0.15) is 11.9 Å². The maximum Gasteiger partial charge on any atom is 0.311 e. The van der Waals surface area contributed by atoms with Crippen LogP contribution < -0.4 is 5.32 Å². The highest BCUT2D eigenvalue weighted by atomic mass is 32.2. The van der Waals surface area contributed by atoms with Gasteiger partial charge in [-0.2, -0.15) is 0 Å². The fourth-order valence-corrected chi connectivity index (χ4v) is 7.55. The fraction of sp³-hybridized carbons (Fsp3) is 0.579. The van der Waals surface area contributed by atoms with Gasteiger partial charge < -0.3 is 10.1 Å². The fourth-order valence-electron chi connectivity index (χ4n) is 5.90. The van der Waals surface area contributed by atoms with Gasteiger partial charge in [0.2, 0.25) is 0 Å². The van der Waals surface area contributed by atoms with Crippen molar-refractivity contribution >= 4 is 22.6 Å². The molecule has 0 aromatic heterocycles. The second kappa shape index (κ2) is 4.80. The summed E-state index contributed by atoms with van der Waals surface area (Å²) in [4.78, 5) is 25.6. The van der Waals surface area contributed by atoms with E-state index in [1.807, 2.05) is 38.1 Å². The zero-order chi connectivity index (χ0) is 17.6. The molecule has 1 saturated carbocycles. The lowest BCUT2D eigenvalue weighted by Gasteiger charge is -2.51. The predicted molar refractivity (Wildman–Crippen MR) is 91.3 cm³/mol. The van der Waals surface area contributed by atoms with Gasteiger partial charge in [-0.3, -0.25) is 13.8 Å². The van der Waals surface area contributed by atoms with Crippen molar-refractivity contribution in [3.63, 3.8) is 0 Å². The van der Waals surface area contributed by atoms with Crippen LogP contribution in [0.5, 0.6) is 0 Å². The molecule has 1 unspecified atom stereocenters. The molecule has 0 radical (unpaired) electrons. The second-order valence-electron chi connectivity index (χ2n) is 8.27. The Morgan fingerprint density at radius 1 is 1.28 bits per heavy atom. The van der Waals surface area contributed by atoms with Crippen LogP contribution in [0.1, 0.15) is 25.3 Å². The summed E-state index contributed by atoms with van der Waals surface area (Å²) in [5.74, 6) is 0.0590. The topological polar surface area (TPSA) is 72.5 Å². The molecule has 2 bridgehead atoms. The average Bonchev–Trinajstić information content (AvgIpc) is 3.09. The van der Waals surface area contributed by atoms with Crippen LogP contribution in [0, 0.1) is 24.2 Å². The number of fused-ring (bicyclic) bond motifs is 2. The summed E-state index contributed by atoms with van der Waals surface area (Å²) in [6, 6.07) is 7.71. The molecule has 1 N–H and O–H groups in total. The van der Waals surface area contributed by atoms with Gasteiger partial charge >= 0.3 is 5.97 Å². The number of carbonyl (C=O) groups excluding carboxylic acids is 2. The molecular formula is C19H21NO4S. The van der Waals surface area contributed by atoms with Crippen LogP contribution in [-0.2, 0) is 25.1 Å². The van der Waals surface area contributed by atoms with Crippen molar-refractivity contribution in [2.24, 2.45) is 17.3 Å². The molecule has 132 valence electrons. The van der Waals surface area contributed by atoms with Crippen molar-refractivity contribution in [3.8, 4) is 0 Å². The van der Waals surface area contributed by atoms with Crippen molar-refractivity contribution in [1.82, 2.24) is 5.32 Å². The zero-order valence-corrected chi connectivity index (χ0v) is 15.1. The monoisotopic (exact) mass is 359 g/mol. The van der Waals surface area contributed by atoms with Crippen LogP contribution in [0.25, 0.3) is 0 Å². The number of hydrogen-bond donors (Lipinski definition) is 1. The smallest absolute Gasteiger partial charge is 0.311 e. The van der Waals surface area contributed by atoms with Gasteiger partial charge in [-0.15, -0.1) is 0 Å². The first kappa shape index (κ1) is 15.7. The number of carbonyl (C=O) groups is 2. The minimum absolute atomic E-state index is 0.0365. The Kier molecular flexibility index (Phi) is 3.01. The van der Waals surface area contributed by atoms with E-state index in [1.165, 1.54) is 0 Å². The van der Waals surface area contributed by atoms with Crippen LogP contribution in [0.3, 0.4) is 0 Å². The van der Waals surface area contributed by atoms with E-state index < -0.39 is 21.8 Å². The quantitative estimate of drug-likeness (QED) is 0.825. The number of ketones is 1. The lowest BCUT2D eigenvalue weighted by Crippen LogP contribution is -2.63. The standard InChI is InChI=1S/C19H21NO4S/c1-10-3-5-12(6-4-10)25(23)9-19-13-7-11(21)8-18(19,2)14-15(20-19)16(13)24-17(14)22/h3-6,13-16,20H,7-9H2,1-2H3/t13-,14-,15+,16+,18+,19-,25?/m1/s1. The first-order valence-corrected chi connectivity index (χ1v) is 10.1. The van der Waals surface area contributed by atoms with E-state index in [1.54, 1.807) is 0 Å². The van der Waals surface area contributed by atoms with Gasteiger partial charge in [0.05, 0.1) is 22.8 Å². The Morgan fingerprint density at radius 2 is 2.00 bits per heavy atom. The zero-order valence-electron chi connectivity index (χ0n) is 14.3. The van der Waals surface area contributed by atoms with Crippen LogP contribution in [0.4, 0.5) is 0 Å². The lowest BCUT2D eigenvalue weighted by atomic mass is 9.51. The van der Waals surface area contributed by atoms with Crippen LogP contribution in [-0.4, -0.2) is 39.4 Å². The Labute approximate surface area is 149 Å². The van der Waals surface area contributed by atoms with E-state index in [0.29, 0.717) is 18.6 Å². The third-order valence-electron chi connectivity index (χ3n) is 7.03. The largest absolute Gasteiger partial charge is 0.460 e. The first-order valence-electron chi connectivity index (χ1n) is 8.81. The van der Waals surface area contributed by atoms with Gasteiger partial charge in [-0.05, 0) is 19.1 Å². The highest BCUT2D eigenvalue weighted by molar-refractivity contribution is 7.85. The predicted octanol–water partition coefficient (Wildman–Crippen LogP) is 1.35. The van der Waals surface area contributed by atoms with Crippen LogP contribution in [0.15, 0.2) is 29.2 Å². The Bertz CT molecular complexity index is 821. The van der Waals surface area contributed by atoms with E-state index in [0.717, 1.165) is 10.5 Å². The molecule has 1 aromatic rings. The lowest BCUT2D eigenvalue weighted by molar-refractivity contribution is -0.145. The summed E-state index contributed by atoms with van der Waals surface area (Å²) in [5, 5.41) is 3.62. The Morgan fingerprint density at radius 3 is 2.72 bits per heavy atom. The molecule has 0 spiro atoms. The van der Waals surface area contributed by atoms with Gasteiger partial charge in [0.25, 0.3) is 0 Å². The van der Waals surface area contributed by atoms with Gasteiger partial charge in [0, 0.05) is 40.4 Å². The first-order chi connectivity index (χ1) is 11.9. The van der Waals surface area contributed by atoms with Crippen LogP contribution >= 0.6 is 0 Å². The van der Waals surface area contributed by atoms with Crippen molar-refractivity contribution < 1.29 is 18.5 Å². The summed E-state index contributed by atoms with van der Waals surface area (Å²) in [7, 11) is -1.19. The number of nitrogens with one attached hydrogen (secondary N) is 1. The molecule has 3 heterocycles. The number of ether oxygens (including phenoxy) is 1. The van der Waals surface area contributed by atoms with Crippen LogP contribution in [0.2, 0.25) is 0 Å². The molecule has 5 rings (SSSR count). The summed E-state index contributed by atoms with van der Waals surface area (Å²) < 4.78 is 18.8. The summed E-state index contributed by atoms with van der Waals surface area (Å²) >= 11 is 0. The number of aryl methyl sites for hydroxylation is 1. The van der Waals surface area contributed by atoms with E-state index in [2.05, 4.69) is 5.32 Å². The van der Waals surface area contributed by atoms with E-state index in [-0.39, 0.29) is 35.7 Å². The molecule has 1 aromatic carbocycles. The number of hydrogen-bond acceptors (Lipinski definition) is 5. The molecule has 7 atom stereocenters. The molecule has 3 aliphatic heterocycles. The molecule has 0 amide bonds. The number of rotatable bonds is 3. The molecule has 4 fully saturated rings. The summed E-state index contributed by atoms with van der Waals surface area (Å²) in [5.41, 5.74) is 0.149. The van der Waals surface area contributed by atoms with Gasteiger partial charge in [-0.25, -0.2) is 0 Å². The maximum atomic E-state index is 13.1. The molecule has 1 aliphatic carbocycles. The normalized spacial score (nSPS) is 44.9. The molecule has 4 aliphatic rings. The molecule has 6 heteroatoms. The number of benzene rings is 1. The highest BCUT2D eigenvalue weighted by Gasteiger charge is 2.80. The third kappa shape index (κ3) is 1.79. The molecule has 3 saturated heterocycles. The number of Topliss-reactive ketones (excluding diaryl/α,β-unsaturated/α-hetero) is 1. The van der Waals surface area contributed by atoms with Crippen molar-refractivity contribution in [1.29, 1.82) is 0 Å². The summed E-state index contributed by atoms with van der Waals surface area (Å²) in [6.07, 6.45) is 0.532. The van der Waals surface area contributed by atoms with Crippen molar-refractivity contribution in [3.05, 3.63) is 29.8 Å². The molecule has 25 heavy (non-hydrogen) atoms. The van der Waals surface area contributed by atoms with Gasteiger partial charge in [0.15, 0.2) is 0 Å². The Hall–Kier alpha value is -1.53. The molecular weight excluding hydrogens is 338 g/mol. The average molecular weight is 359 g/mol. The van der Waals surface area contributed by atoms with E-state index in [4.69, 9.17) is 4.74 Å². The SMILES string of the molecule is Cc1ccc(S(=O)C[C@]23N[C@@H]4[C@H]5OC(=O)[C@@H]4[C@]2(C)CC(=O)C[C@H]53)cc1. The van der Waals surface area contributed by atoms with E-state index >= 15 is 0 Å².